The van der Waals surface area contributed by atoms with E-state index in [0.717, 1.165) is 27.9 Å². The molecule has 0 spiro atoms. The Morgan fingerprint density at radius 2 is 2.38 bits per heavy atom. The molecule has 0 atom stereocenters. The molecule has 1 heterocycles. The van der Waals surface area contributed by atoms with Crippen molar-refractivity contribution in [2.45, 2.75) is 24.1 Å². The second-order valence-corrected chi connectivity index (χ2v) is 5.67. The number of nitrogens with zero attached hydrogens (tertiary/aromatic N) is 3. The molecule has 0 aliphatic heterocycles. The molecule has 2 rings (SSSR count). The first-order valence-corrected chi connectivity index (χ1v) is 5.88. The van der Waals surface area contributed by atoms with Gasteiger partial charge in [-0.1, -0.05) is 23.1 Å². The fourth-order valence-corrected chi connectivity index (χ4v) is 3.02. The van der Waals surface area contributed by atoms with Gasteiger partial charge in [-0.05, 0) is 19.8 Å². The molecule has 0 bridgehead atoms. The molecule has 1 aliphatic carbocycles. The number of aryl methyl sites for hydroxylation is 1. The third-order valence-electron chi connectivity index (χ3n) is 2.07. The van der Waals surface area contributed by atoms with E-state index in [1.165, 1.54) is 0 Å². The molecule has 0 unspecified atom stereocenters. The van der Waals surface area contributed by atoms with E-state index in [-0.39, 0.29) is 5.41 Å². The zero-order chi connectivity index (χ0) is 9.31. The van der Waals surface area contributed by atoms with Crippen molar-refractivity contribution < 1.29 is 0 Å². The van der Waals surface area contributed by atoms with Crippen molar-refractivity contribution in [2.24, 2.45) is 5.41 Å². The standard InChI is InChI=1S/C8H9N3S2/c1-6-10-11-7(13-6)12-5-8(4-9)2-3-8/h2-3,5H2,1H3. The third kappa shape index (κ3) is 2.01. The monoisotopic (exact) mass is 211 g/mol. The highest BCUT2D eigenvalue weighted by molar-refractivity contribution is 8.01. The maximum atomic E-state index is 8.84. The van der Waals surface area contributed by atoms with Gasteiger partial charge in [0.1, 0.15) is 5.01 Å². The largest absolute Gasteiger partial charge is 0.198 e. The van der Waals surface area contributed by atoms with Gasteiger partial charge in [-0.3, -0.25) is 0 Å². The van der Waals surface area contributed by atoms with Crippen molar-refractivity contribution in [1.29, 1.82) is 5.26 Å². The summed E-state index contributed by atoms with van der Waals surface area (Å²) in [6.07, 6.45) is 2.10. The highest BCUT2D eigenvalue weighted by atomic mass is 32.2. The van der Waals surface area contributed by atoms with Gasteiger partial charge in [-0.15, -0.1) is 10.2 Å². The topological polar surface area (TPSA) is 49.6 Å². The maximum Gasteiger partial charge on any atom is 0.174 e. The van der Waals surface area contributed by atoms with Crippen molar-refractivity contribution in [2.75, 3.05) is 5.75 Å². The van der Waals surface area contributed by atoms with Crippen LogP contribution < -0.4 is 0 Å². The first kappa shape index (κ1) is 8.97. The Morgan fingerprint density at radius 1 is 1.62 bits per heavy atom. The molecule has 1 fully saturated rings. The molecule has 1 aromatic rings. The molecule has 1 aromatic heterocycles. The normalized spacial score (nSPS) is 18.2. The SMILES string of the molecule is Cc1nnc(SCC2(C#N)CC2)s1. The van der Waals surface area contributed by atoms with E-state index in [9.17, 15) is 0 Å². The van der Waals surface area contributed by atoms with Gasteiger partial charge in [0, 0.05) is 5.75 Å². The lowest BCUT2D eigenvalue weighted by Crippen LogP contribution is -1.98. The highest BCUT2D eigenvalue weighted by Crippen LogP contribution is 2.48. The summed E-state index contributed by atoms with van der Waals surface area (Å²) < 4.78 is 0.985. The van der Waals surface area contributed by atoms with Crippen LogP contribution in [0.15, 0.2) is 4.34 Å². The molecule has 0 radical (unpaired) electrons. The van der Waals surface area contributed by atoms with E-state index in [2.05, 4.69) is 16.3 Å². The number of thioether (sulfide) groups is 1. The fraction of sp³-hybridized carbons (Fsp3) is 0.625. The molecular formula is C8H9N3S2. The van der Waals surface area contributed by atoms with Gasteiger partial charge in [0.2, 0.25) is 0 Å². The molecule has 3 nitrogen and oxygen atoms in total. The molecule has 68 valence electrons. The minimum Gasteiger partial charge on any atom is -0.198 e. The zero-order valence-electron chi connectivity index (χ0n) is 7.28. The molecule has 5 heteroatoms. The summed E-state index contributed by atoms with van der Waals surface area (Å²) in [7, 11) is 0. The van der Waals surface area contributed by atoms with E-state index in [1.807, 2.05) is 6.92 Å². The second kappa shape index (κ2) is 3.28. The summed E-state index contributed by atoms with van der Waals surface area (Å²) in [5, 5.41) is 17.8. The van der Waals surface area contributed by atoms with Crippen LogP contribution in [0.25, 0.3) is 0 Å². The first-order chi connectivity index (χ1) is 6.24. The van der Waals surface area contributed by atoms with Crippen LogP contribution in [0.4, 0.5) is 0 Å². The Bertz CT molecular complexity index is 349. The van der Waals surface area contributed by atoms with E-state index >= 15 is 0 Å². The quantitative estimate of drug-likeness (QED) is 0.719. The predicted molar refractivity (Wildman–Crippen MR) is 52.7 cm³/mol. The van der Waals surface area contributed by atoms with Gasteiger partial charge in [-0.2, -0.15) is 5.26 Å². The van der Waals surface area contributed by atoms with Crippen LogP contribution in [0, 0.1) is 23.7 Å². The smallest absolute Gasteiger partial charge is 0.174 e. The molecule has 0 N–H and O–H groups in total. The van der Waals surface area contributed by atoms with Crippen LogP contribution in [-0.2, 0) is 0 Å². The minimum absolute atomic E-state index is 0.0375. The number of hydrogen-bond donors (Lipinski definition) is 0. The summed E-state index contributed by atoms with van der Waals surface area (Å²) in [4.78, 5) is 0. The van der Waals surface area contributed by atoms with Crippen LogP contribution >= 0.6 is 23.1 Å². The van der Waals surface area contributed by atoms with Crippen LogP contribution in [0.3, 0.4) is 0 Å². The zero-order valence-corrected chi connectivity index (χ0v) is 8.91. The summed E-state index contributed by atoms with van der Waals surface area (Å²) in [6, 6.07) is 2.37. The Morgan fingerprint density at radius 3 is 2.85 bits per heavy atom. The highest BCUT2D eigenvalue weighted by Gasteiger charge is 2.43. The lowest BCUT2D eigenvalue weighted by atomic mass is 10.2. The average molecular weight is 211 g/mol. The molecule has 0 aromatic carbocycles. The summed E-state index contributed by atoms with van der Waals surface area (Å²) in [6.45, 7) is 1.94. The van der Waals surface area contributed by atoms with Crippen molar-refractivity contribution in [1.82, 2.24) is 10.2 Å². The lowest BCUT2D eigenvalue weighted by Gasteiger charge is -2.00. The predicted octanol–water partition coefficient (Wildman–Crippen LogP) is 2.24. The number of rotatable bonds is 3. The summed E-state index contributed by atoms with van der Waals surface area (Å²) in [5.41, 5.74) is -0.0375. The molecule has 1 saturated carbocycles. The van der Waals surface area contributed by atoms with Crippen molar-refractivity contribution in [3.8, 4) is 6.07 Å². The van der Waals surface area contributed by atoms with Crippen LogP contribution in [0.5, 0.6) is 0 Å². The second-order valence-electron chi connectivity index (χ2n) is 3.27. The fourth-order valence-electron chi connectivity index (χ4n) is 0.976. The van der Waals surface area contributed by atoms with E-state index in [0.29, 0.717) is 0 Å². The first-order valence-electron chi connectivity index (χ1n) is 4.08. The van der Waals surface area contributed by atoms with Gasteiger partial charge in [0.15, 0.2) is 4.34 Å². The van der Waals surface area contributed by atoms with E-state index < -0.39 is 0 Å². The Balaban J connectivity index is 1.90. The Labute approximate surface area is 85.2 Å². The van der Waals surface area contributed by atoms with Gasteiger partial charge < -0.3 is 0 Å². The molecule has 13 heavy (non-hydrogen) atoms. The van der Waals surface area contributed by atoms with Crippen LogP contribution in [0.2, 0.25) is 0 Å². The van der Waals surface area contributed by atoms with Crippen molar-refractivity contribution in [3.63, 3.8) is 0 Å². The number of hydrogen-bond acceptors (Lipinski definition) is 5. The minimum atomic E-state index is -0.0375. The molecule has 0 saturated heterocycles. The van der Waals surface area contributed by atoms with E-state index in [1.54, 1.807) is 23.1 Å². The maximum absolute atomic E-state index is 8.84. The number of aromatic nitrogens is 2. The molecular weight excluding hydrogens is 202 g/mol. The van der Waals surface area contributed by atoms with Crippen LogP contribution in [-0.4, -0.2) is 16.0 Å². The lowest BCUT2D eigenvalue weighted by molar-refractivity contribution is 0.781. The van der Waals surface area contributed by atoms with E-state index in [4.69, 9.17) is 5.26 Å². The van der Waals surface area contributed by atoms with Crippen molar-refractivity contribution in [3.05, 3.63) is 5.01 Å². The average Bonchev–Trinajstić information content (AvgIpc) is 2.81. The molecule has 1 aliphatic rings. The van der Waals surface area contributed by atoms with Gasteiger partial charge in [0.05, 0.1) is 11.5 Å². The van der Waals surface area contributed by atoms with Crippen molar-refractivity contribution >= 4 is 23.1 Å². The summed E-state index contributed by atoms with van der Waals surface area (Å²) >= 11 is 3.26. The summed E-state index contributed by atoms with van der Waals surface area (Å²) in [5.74, 6) is 0.873. The van der Waals surface area contributed by atoms with Gasteiger partial charge >= 0.3 is 0 Å². The Kier molecular flexibility index (Phi) is 2.26. The molecule has 0 amide bonds. The third-order valence-corrected chi connectivity index (χ3v) is 4.33. The van der Waals surface area contributed by atoms with Crippen LogP contribution in [0.1, 0.15) is 17.8 Å². The van der Waals surface area contributed by atoms with Gasteiger partial charge in [0.25, 0.3) is 0 Å². The number of nitriles is 1. The van der Waals surface area contributed by atoms with Gasteiger partial charge in [-0.25, -0.2) is 0 Å². The Hall–Kier alpha value is -0.600.